The Morgan fingerprint density at radius 2 is 2.29 bits per heavy atom. The minimum Gasteiger partial charge on any atom is -0.380 e. The second kappa shape index (κ2) is 6.73. The van der Waals surface area contributed by atoms with Crippen LogP contribution in [-0.4, -0.2) is 33.4 Å². The molecular weight excluding hydrogens is 204 g/mol. The summed E-state index contributed by atoms with van der Waals surface area (Å²) in [6.07, 6.45) is 2.25. The van der Waals surface area contributed by atoms with Crippen LogP contribution >= 0.6 is 11.6 Å². The molecule has 0 aliphatic heterocycles. The molecule has 0 atom stereocenters. The Balaban J connectivity index is 2.17. The van der Waals surface area contributed by atoms with Crippen molar-refractivity contribution in [1.29, 1.82) is 0 Å². The van der Waals surface area contributed by atoms with Crippen LogP contribution in [0.1, 0.15) is 25.6 Å². The number of nitrogens with zero attached hydrogens (tertiary/aromatic N) is 4. The lowest BCUT2D eigenvalue weighted by Gasteiger charge is -2.03. The summed E-state index contributed by atoms with van der Waals surface area (Å²) in [7, 11) is 0. The number of hydrogen-bond donors (Lipinski definition) is 0. The lowest BCUT2D eigenvalue weighted by Crippen LogP contribution is -2.10. The maximum Gasteiger partial charge on any atom is 0.166 e. The lowest BCUT2D eigenvalue weighted by atomic mass is 10.4. The van der Waals surface area contributed by atoms with Gasteiger partial charge in [0.2, 0.25) is 0 Å². The van der Waals surface area contributed by atoms with Crippen molar-refractivity contribution < 1.29 is 4.74 Å². The molecule has 1 rings (SSSR count). The van der Waals surface area contributed by atoms with Gasteiger partial charge in [-0.1, -0.05) is 13.3 Å². The highest BCUT2D eigenvalue weighted by atomic mass is 35.5. The zero-order valence-corrected chi connectivity index (χ0v) is 9.07. The second-order valence-corrected chi connectivity index (χ2v) is 3.19. The van der Waals surface area contributed by atoms with Crippen molar-refractivity contribution in [2.24, 2.45) is 0 Å². The second-order valence-electron chi connectivity index (χ2n) is 2.92. The standard InChI is InChI=1S/C8H15ClN4O/c1-2-3-5-14-6-4-13-8(7-9)10-11-12-13/h2-7H2,1H3. The predicted molar refractivity (Wildman–Crippen MR) is 53.1 cm³/mol. The van der Waals surface area contributed by atoms with E-state index in [9.17, 15) is 0 Å². The van der Waals surface area contributed by atoms with Crippen molar-refractivity contribution in [2.75, 3.05) is 13.2 Å². The van der Waals surface area contributed by atoms with Crippen molar-refractivity contribution >= 4 is 11.6 Å². The molecule has 1 aromatic heterocycles. The van der Waals surface area contributed by atoms with Gasteiger partial charge in [0.15, 0.2) is 5.82 Å². The van der Waals surface area contributed by atoms with Crippen molar-refractivity contribution in [3.05, 3.63) is 5.82 Å². The van der Waals surface area contributed by atoms with Crippen LogP contribution in [-0.2, 0) is 17.2 Å². The van der Waals surface area contributed by atoms with Gasteiger partial charge < -0.3 is 4.74 Å². The largest absolute Gasteiger partial charge is 0.380 e. The van der Waals surface area contributed by atoms with Gasteiger partial charge in [-0.05, 0) is 16.8 Å². The van der Waals surface area contributed by atoms with E-state index in [4.69, 9.17) is 16.3 Å². The number of aromatic nitrogens is 4. The van der Waals surface area contributed by atoms with Crippen LogP contribution in [0.4, 0.5) is 0 Å². The highest BCUT2D eigenvalue weighted by molar-refractivity contribution is 6.16. The van der Waals surface area contributed by atoms with Gasteiger partial charge in [-0.3, -0.25) is 0 Å². The molecule has 0 aromatic carbocycles. The van der Waals surface area contributed by atoms with Crippen molar-refractivity contribution in [3.63, 3.8) is 0 Å². The Hall–Kier alpha value is -0.680. The summed E-state index contributed by atoms with van der Waals surface area (Å²) in [5.74, 6) is 1.02. The molecule has 1 heterocycles. The molecule has 0 saturated carbocycles. The molecule has 14 heavy (non-hydrogen) atoms. The third kappa shape index (κ3) is 3.59. The first kappa shape index (κ1) is 11.4. The first-order valence-corrected chi connectivity index (χ1v) is 5.30. The SMILES string of the molecule is CCCCOCCn1nnnc1CCl. The zero-order valence-electron chi connectivity index (χ0n) is 8.32. The van der Waals surface area contributed by atoms with E-state index in [1.807, 2.05) is 0 Å². The molecule has 0 saturated heterocycles. The fourth-order valence-corrected chi connectivity index (χ4v) is 1.18. The number of alkyl halides is 1. The molecule has 0 bridgehead atoms. The van der Waals surface area contributed by atoms with E-state index in [2.05, 4.69) is 22.4 Å². The third-order valence-corrected chi connectivity index (χ3v) is 2.05. The number of unbranched alkanes of at least 4 members (excludes halogenated alkanes) is 1. The van der Waals surface area contributed by atoms with E-state index in [-0.39, 0.29) is 0 Å². The van der Waals surface area contributed by atoms with Crippen molar-refractivity contribution in [2.45, 2.75) is 32.2 Å². The summed E-state index contributed by atoms with van der Waals surface area (Å²) in [5.41, 5.74) is 0. The van der Waals surface area contributed by atoms with Gasteiger partial charge in [0.25, 0.3) is 0 Å². The Morgan fingerprint density at radius 1 is 1.43 bits per heavy atom. The Kier molecular flexibility index (Phi) is 5.47. The Morgan fingerprint density at radius 3 is 3.00 bits per heavy atom. The Labute approximate surface area is 88.4 Å². The highest BCUT2D eigenvalue weighted by Gasteiger charge is 2.02. The molecule has 0 amide bonds. The van der Waals surface area contributed by atoms with Crippen LogP contribution in [0, 0.1) is 0 Å². The molecule has 0 aliphatic rings. The van der Waals surface area contributed by atoms with Crippen LogP contribution in [0.2, 0.25) is 0 Å². The van der Waals surface area contributed by atoms with E-state index in [1.54, 1.807) is 4.68 Å². The number of tetrazole rings is 1. The number of rotatable bonds is 7. The molecule has 0 radical (unpaired) electrons. The van der Waals surface area contributed by atoms with Crippen LogP contribution < -0.4 is 0 Å². The lowest BCUT2D eigenvalue weighted by molar-refractivity contribution is 0.120. The fourth-order valence-electron chi connectivity index (χ4n) is 0.992. The van der Waals surface area contributed by atoms with Gasteiger partial charge in [0.1, 0.15) is 0 Å². The molecule has 0 unspecified atom stereocenters. The summed E-state index contributed by atoms with van der Waals surface area (Å²) in [6.45, 7) is 4.23. The summed E-state index contributed by atoms with van der Waals surface area (Å²) < 4.78 is 7.05. The summed E-state index contributed by atoms with van der Waals surface area (Å²) >= 11 is 5.63. The summed E-state index contributed by atoms with van der Waals surface area (Å²) in [6, 6.07) is 0. The van der Waals surface area contributed by atoms with Crippen LogP contribution in [0.25, 0.3) is 0 Å². The Bertz CT molecular complexity index is 253. The topological polar surface area (TPSA) is 52.8 Å². The maximum atomic E-state index is 5.63. The molecule has 0 fully saturated rings. The molecular formula is C8H15ClN4O. The number of hydrogen-bond acceptors (Lipinski definition) is 4. The number of ether oxygens (including phenoxy) is 1. The summed E-state index contributed by atoms with van der Waals surface area (Å²) in [4.78, 5) is 0. The van der Waals surface area contributed by atoms with Gasteiger partial charge in [-0.15, -0.1) is 16.7 Å². The fraction of sp³-hybridized carbons (Fsp3) is 0.875. The molecule has 0 N–H and O–H groups in total. The predicted octanol–water partition coefficient (Wildman–Crippen LogP) is 1.23. The third-order valence-electron chi connectivity index (χ3n) is 1.82. The van der Waals surface area contributed by atoms with Crippen LogP contribution in [0.15, 0.2) is 0 Å². The zero-order chi connectivity index (χ0) is 10.2. The quantitative estimate of drug-likeness (QED) is 0.510. The van der Waals surface area contributed by atoms with E-state index in [0.29, 0.717) is 24.9 Å². The first-order valence-electron chi connectivity index (χ1n) is 4.77. The van der Waals surface area contributed by atoms with Crippen molar-refractivity contribution in [1.82, 2.24) is 20.2 Å². The highest BCUT2D eigenvalue weighted by Crippen LogP contribution is 1.97. The molecule has 5 nitrogen and oxygen atoms in total. The molecule has 6 heteroatoms. The molecule has 0 aliphatic carbocycles. The minimum atomic E-state index is 0.335. The van der Waals surface area contributed by atoms with Crippen LogP contribution in [0.3, 0.4) is 0 Å². The van der Waals surface area contributed by atoms with Crippen LogP contribution in [0.5, 0.6) is 0 Å². The van der Waals surface area contributed by atoms with E-state index >= 15 is 0 Å². The van der Waals surface area contributed by atoms with Gasteiger partial charge in [-0.2, -0.15) is 0 Å². The average Bonchev–Trinajstić information content (AvgIpc) is 2.65. The molecule has 80 valence electrons. The monoisotopic (exact) mass is 218 g/mol. The number of halogens is 1. The summed E-state index contributed by atoms with van der Waals surface area (Å²) in [5, 5.41) is 11.1. The van der Waals surface area contributed by atoms with Crippen molar-refractivity contribution in [3.8, 4) is 0 Å². The van der Waals surface area contributed by atoms with E-state index in [0.717, 1.165) is 19.4 Å². The molecule has 1 aromatic rings. The normalized spacial score (nSPS) is 10.7. The van der Waals surface area contributed by atoms with Gasteiger partial charge in [-0.25, -0.2) is 4.68 Å². The molecule has 0 spiro atoms. The van der Waals surface area contributed by atoms with E-state index < -0.39 is 0 Å². The van der Waals surface area contributed by atoms with Gasteiger partial charge in [0, 0.05) is 6.61 Å². The van der Waals surface area contributed by atoms with Gasteiger partial charge in [0.05, 0.1) is 19.0 Å². The maximum absolute atomic E-state index is 5.63. The minimum absolute atomic E-state index is 0.335. The van der Waals surface area contributed by atoms with Gasteiger partial charge >= 0.3 is 0 Å². The van der Waals surface area contributed by atoms with E-state index in [1.165, 1.54) is 0 Å². The smallest absolute Gasteiger partial charge is 0.166 e. The average molecular weight is 219 g/mol. The first-order chi connectivity index (χ1) is 6.88.